The van der Waals surface area contributed by atoms with Crippen molar-refractivity contribution in [2.24, 2.45) is 0 Å². The predicted molar refractivity (Wildman–Crippen MR) is 61.3 cm³/mol. The summed E-state index contributed by atoms with van der Waals surface area (Å²) in [4.78, 5) is 0. The summed E-state index contributed by atoms with van der Waals surface area (Å²) in [5, 5.41) is -1.37. The minimum absolute atomic E-state index is 0. The van der Waals surface area contributed by atoms with Crippen LogP contribution >= 0.6 is 0 Å². The van der Waals surface area contributed by atoms with Crippen LogP contribution in [0.3, 0.4) is 0 Å². The van der Waals surface area contributed by atoms with Gasteiger partial charge in [-0.3, -0.25) is 0 Å². The molecule has 0 saturated carbocycles. The average Bonchev–Trinajstić information content (AvgIpc) is 2.56. The fourth-order valence-electron chi connectivity index (χ4n) is 2.11. The molecule has 0 aliphatic carbocycles. The second-order valence-electron chi connectivity index (χ2n) is 4.13. The van der Waals surface area contributed by atoms with Crippen LogP contribution < -0.4 is 29.6 Å². The van der Waals surface area contributed by atoms with Crippen molar-refractivity contribution in [2.75, 3.05) is 11.5 Å². The summed E-state index contributed by atoms with van der Waals surface area (Å²) < 4.78 is 56.2. The summed E-state index contributed by atoms with van der Waals surface area (Å²) in [5.74, 6) is -1.59. The molecule has 8 heteroatoms. The molecule has 1 fully saturated rings. The second kappa shape index (κ2) is 5.60. The van der Waals surface area contributed by atoms with E-state index in [1.165, 1.54) is 0 Å². The quantitative estimate of drug-likeness (QED) is 0.432. The monoisotopic (exact) mass is 298 g/mol. The van der Waals surface area contributed by atoms with Crippen LogP contribution in [0.5, 0.6) is 0 Å². The van der Waals surface area contributed by atoms with Crippen molar-refractivity contribution in [1.82, 2.24) is 0 Å². The molecule has 0 spiro atoms. The molecule has 2 atom stereocenters. The Hall–Kier alpha value is 0.0800. The Balaban J connectivity index is 0.00000162. The Morgan fingerprint density at radius 1 is 1.11 bits per heavy atom. The average molecular weight is 298 g/mol. The van der Waals surface area contributed by atoms with Gasteiger partial charge in [-0.25, -0.2) is 16.8 Å². The second-order valence-corrected chi connectivity index (χ2v) is 7.87. The zero-order valence-electron chi connectivity index (χ0n) is 9.81. The van der Waals surface area contributed by atoms with Crippen LogP contribution in [0.1, 0.15) is 11.5 Å². The fourth-order valence-corrected chi connectivity index (χ4v) is 6.02. The van der Waals surface area contributed by atoms with Gasteiger partial charge in [0.05, 0.1) is 26.9 Å². The standard InChI is InChI=1S/C10H12O5S2.Na/c11-16(12)6-9(8-4-2-1-3-5-8)10(7-16)17(13,14)15;/h1-5,9-10H,6-7H2,(H,13,14,15);/q;+1/p-1. The molecule has 0 radical (unpaired) electrons. The Labute approximate surface area is 129 Å². The maximum atomic E-state index is 11.5. The van der Waals surface area contributed by atoms with E-state index in [1.807, 2.05) is 0 Å². The molecule has 2 unspecified atom stereocenters. The van der Waals surface area contributed by atoms with Crippen LogP contribution in [0.25, 0.3) is 0 Å². The topological polar surface area (TPSA) is 91.3 Å². The largest absolute Gasteiger partial charge is 1.00 e. The molecular formula is C10H11NaO5S2. The minimum atomic E-state index is -4.60. The van der Waals surface area contributed by atoms with Gasteiger partial charge in [0.1, 0.15) is 0 Å². The van der Waals surface area contributed by atoms with Gasteiger partial charge in [0.15, 0.2) is 9.84 Å². The maximum Gasteiger partial charge on any atom is 1.00 e. The molecule has 1 aromatic rings. The molecule has 2 rings (SSSR count). The van der Waals surface area contributed by atoms with Crippen molar-refractivity contribution in [3.63, 3.8) is 0 Å². The van der Waals surface area contributed by atoms with E-state index < -0.39 is 36.9 Å². The van der Waals surface area contributed by atoms with E-state index in [-0.39, 0.29) is 35.3 Å². The molecule has 0 bridgehead atoms. The zero-order valence-corrected chi connectivity index (χ0v) is 13.4. The molecule has 1 saturated heterocycles. The van der Waals surface area contributed by atoms with Crippen LogP contribution in [-0.4, -0.2) is 38.1 Å². The molecule has 18 heavy (non-hydrogen) atoms. The predicted octanol–water partition coefficient (Wildman–Crippen LogP) is -2.88. The Morgan fingerprint density at radius 2 is 1.67 bits per heavy atom. The van der Waals surface area contributed by atoms with Gasteiger partial charge in [0.2, 0.25) is 0 Å². The molecule has 0 amide bonds. The first kappa shape index (κ1) is 16.1. The molecule has 0 N–H and O–H groups in total. The summed E-state index contributed by atoms with van der Waals surface area (Å²) in [7, 11) is -8.06. The molecule has 1 aliphatic heterocycles. The first-order valence-electron chi connectivity index (χ1n) is 5.00. The first-order chi connectivity index (χ1) is 7.80. The van der Waals surface area contributed by atoms with E-state index in [0.29, 0.717) is 5.56 Å². The van der Waals surface area contributed by atoms with E-state index in [9.17, 15) is 21.4 Å². The third kappa shape index (κ3) is 3.55. The minimum Gasteiger partial charge on any atom is -0.748 e. The summed E-state index contributed by atoms with van der Waals surface area (Å²) in [5.41, 5.74) is 0.581. The zero-order chi connectivity index (χ0) is 12.7. The van der Waals surface area contributed by atoms with E-state index >= 15 is 0 Å². The van der Waals surface area contributed by atoms with Crippen LogP contribution in [-0.2, 0) is 20.0 Å². The molecular weight excluding hydrogens is 287 g/mol. The van der Waals surface area contributed by atoms with Gasteiger partial charge in [0.25, 0.3) is 0 Å². The van der Waals surface area contributed by atoms with Crippen LogP contribution in [0.15, 0.2) is 30.3 Å². The maximum absolute atomic E-state index is 11.5. The Bertz CT molecular complexity index is 609. The third-order valence-electron chi connectivity index (χ3n) is 2.90. The summed E-state index contributed by atoms with van der Waals surface area (Å²) >= 11 is 0. The van der Waals surface area contributed by atoms with E-state index in [1.54, 1.807) is 30.3 Å². The smallest absolute Gasteiger partial charge is 0.748 e. The summed E-state index contributed by atoms with van der Waals surface area (Å²) in [6.45, 7) is 0. The van der Waals surface area contributed by atoms with E-state index in [2.05, 4.69) is 0 Å². The van der Waals surface area contributed by atoms with Crippen molar-refractivity contribution in [2.45, 2.75) is 11.2 Å². The Morgan fingerprint density at radius 3 is 2.17 bits per heavy atom. The molecule has 1 aliphatic rings. The van der Waals surface area contributed by atoms with Gasteiger partial charge in [-0.05, 0) is 5.56 Å². The number of sulfone groups is 1. The van der Waals surface area contributed by atoms with Crippen molar-refractivity contribution in [3.8, 4) is 0 Å². The van der Waals surface area contributed by atoms with Gasteiger partial charge < -0.3 is 4.55 Å². The van der Waals surface area contributed by atoms with Crippen molar-refractivity contribution >= 4 is 20.0 Å². The van der Waals surface area contributed by atoms with Gasteiger partial charge in [0, 0.05) is 5.92 Å². The van der Waals surface area contributed by atoms with Crippen molar-refractivity contribution < 1.29 is 50.9 Å². The van der Waals surface area contributed by atoms with E-state index in [0.717, 1.165) is 0 Å². The summed E-state index contributed by atoms with van der Waals surface area (Å²) in [6.07, 6.45) is 0. The summed E-state index contributed by atoms with van der Waals surface area (Å²) in [6, 6.07) is 8.41. The normalized spacial score (nSPS) is 26.5. The van der Waals surface area contributed by atoms with Gasteiger partial charge in [-0.15, -0.1) is 0 Å². The van der Waals surface area contributed by atoms with Crippen LogP contribution in [0.2, 0.25) is 0 Å². The number of rotatable bonds is 2. The van der Waals surface area contributed by atoms with Crippen molar-refractivity contribution in [1.29, 1.82) is 0 Å². The molecule has 1 heterocycles. The molecule has 0 aromatic heterocycles. The molecule has 5 nitrogen and oxygen atoms in total. The molecule has 1 aromatic carbocycles. The van der Waals surface area contributed by atoms with Gasteiger partial charge in [-0.1, -0.05) is 30.3 Å². The SMILES string of the molecule is O=S1(=O)CC(c2ccccc2)C(S(=O)(=O)[O-])C1.[Na+]. The van der Waals surface area contributed by atoms with Crippen LogP contribution in [0, 0.1) is 0 Å². The Kier molecular flexibility index (Phi) is 5.02. The van der Waals surface area contributed by atoms with Crippen LogP contribution in [0.4, 0.5) is 0 Å². The number of hydrogen-bond acceptors (Lipinski definition) is 5. The van der Waals surface area contributed by atoms with Gasteiger partial charge in [-0.2, -0.15) is 0 Å². The number of benzene rings is 1. The molecule has 94 valence electrons. The van der Waals surface area contributed by atoms with Gasteiger partial charge >= 0.3 is 29.6 Å². The fraction of sp³-hybridized carbons (Fsp3) is 0.400. The van der Waals surface area contributed by atoms with E-state index in [4.69, 9.17) is 0 Å². The number of hydrogen-bond donors (Lipinski definition) is 0. The van der Waals surface area contributed by atoms with Crippen molar-refractivity contribution in [3.05, 3.63) is 35.9 Å². The first-order valence-corrected chi connectivity index (χ1v) is 8.29. The third-order valence-corrected chi connectivity index (χ3v) is 6.08.